The molecule has 26 heavy (non-hydrogen) atoms. The third-order valence-electron chi connectivity index (χ3n) is 6.00. The van der Waals surface area contributed by atoms with Crippen molar-refractivity contribution in [2.45, 2.75) is 63.8 Å². The monoisotopic (exact) mass is 353 g/mol. The van der Waals surface area contributed by atoms with Crippen LogP contribution in [0.4, 0.5) is 0 Å². The predicted octanol–water partition coefficient (Wildman–Crippen LogP) is 4.48. The van der Waals surface area contributed by atoms with E-state index in [4.69, 9.17) is 4.74 Å². The molecule has 2 atom stereocenters. The molecule has 2 aliphatic carbocycles. The maximum absolute atomic E-state index is 11.3. The number of aryl methyl sites for hydroxylation is 1. The first kappa shape index (κ1) is 17.3. The van der Waals surface area contributed by atoms with Gasteiger partial charge in [-0.25, -0.2) is 4.98 Å². The van der Waals surface area contributed by atoms with Crippen molar-refractivity contribution in [1.29, 1.82) is 0 Å². The third-order valence-corrected chi connectivity index (χ3v) is 6.00. The maximum atomic E-state index is 11.3. The maximum Gasteiger partial charge on any atom is 0.172 e. The minimum atomic E-state index is 0.400. The van der Waals surface area contributed by atoms with E-state index >= 15 is 0 Å². The SMILES string of the molecule is Cc1ccc(OCC2CCCCC2c2ccnn2C2CCC2)c(C=O)n1. The highest BCUT2D eigenvalue weighted by Crippen LogP contribution is 2.41. The van der Waals surface area contributed by atoms with Crippen LogP contribution in [0.1, 0.15) is 78.8 Å². The Labute approximate surface area is 154 Å². The first-order valence-corrected chi connectivity index (χ1v) is 9.85. The molecule has 2 aromatic heterocycles. The highest BCUT2D eigenvalue weighted by Gasteiger charge is 2.32. The number of aldehydes is 1. The number of ether oxygens (including phenoxy) is 1. The standard InChI is InChI=1S/C21H27N3O2/c1-15-9-10-21(19(13-25)23-15)26-14-16-5-2-3-8-18(16)20-11-12-22-24(20)17-6-4-7-17/h9-13,16-18H,2-8,14H2,1H3. The van der Waals surface area contributed by atoms with Gasteiger partial charge in [-0.15, -0.1) is 0 Å². The lowest BCUT2D eigenvalue weighted by Gasteiger charge is -2.35. The summed E-state index contributed by atoms with van der Waals surface area (Å²) in [5, 5.41) is 4.62. The van der Waals surface area contributed by atoms with E-state index in [1.165, 1.54) is 44.2 Å². The average Bonchev–Trinajstić information content (AvgIpc) is 3.08. The van der Waals surface area contributed by atoms with E-state index in [2.05, 4.69) is 20.8 Å². The van der Waals surface area contributed by atoms with Gasteiger partial charge in [0.25, 0.3) is 0 Å². The van der Waals surface area contributed by atoms with Crippen LogP contribution in [0.15, 0.2) is 24.4 Å². The Balaban J connectivity index is 1.50. The van der Waals surface area contributed by atoms with Crippen molar-refractivity contribution in [2.24, 2.45) is 5.92 Å². The highest BCUT2D eigenvalue weighted by atomic mass is 16.5. The fourth-order valence-electron chi connectivity index (χ4n) is 4.32. The summed E-state index contributed by atoms with van der Waals surface area (Å²) in [5.41, 5.74) is 2.61. The zero-order valence-corrected chi connectivity index (χ0v) is 15.4. The molecule has 5 nitrogen and oxygen atoms in total. The number of hydrogen-bond acceptors (Lipinski definition) is 4. The molecule has 0 spiro atoms. The van der Waals surface area contributed by atoms with Crippen LogP contribution < -0.4 is 4.74 Å². The minimum absolute atomic E-state index is 0.400. The number of carbonyl (C=O) groups is 1. The van der Waals surface area contributed by atoms with Crippen molar-refractivity contribution in [3.05, 3.63) is 41.5 Å². The topological polar surface area (TPSA) is 57.0 Å². The molecule has 0 bridgehead atoms. The lowest BCUT2D eigenvalue weighted by atomic mass is 9.77. The number of nitrogens with zero attached hydrogens (tertiary/aromatic N) is 3. The molecule has 0 aliphatic heterocycles. The molecule has 2 aliphatic rings. The summed E-state index contributed by atoms with van der Waals surface area (Å²) in [6.45, 7) is 2.52. The molecule has 2 unspecified atom stereocenters. The zero-order chi connectivity index (χ0) is 17.9. The van der Waals surface area contributed by atoms with E-state index in [1.54, 1.807) is 0 Å². The van der Waals surface area contributed by atoms with Gasteiger partial charge in [0.15, 0.2) is 6.29 Å². The van der Waals surface area contributed by atoms with Crippen molar-refractivity contribution >= 4 is 6.29 Å². The zero-order valence-electron chi connectivity index (χ0n) is 15.4. The van der Waals surface area contributed by atoms with Crippen LogP contribution in [0.5, 0.6) is 5.75 Å². The summed E-state index contributed by atoms with van der Waals surface area (Å²) in [7, 11) is 0. The van der Waals surface area contributed by atoms with Gasteiger partial charge in [0.2, 0.25) is 0 Å². The van der Waals surface area contributed by atoms with Gasteiger partial charge in [0.1, 0.15) is 11.4 Å². The van der Waals surface area contributed by atoms with Crippen molar-refractivity contribution < 1.29 is 9.53 Å². The molecule has 2 heterocycles. The molecule has 138 valence electrons. The number of hydrogen-bond donors (Lipinski definition) is 0. The second-order valence-electron chi connectivity index (χ2n) is 7.70. The summed E-state index contributed by atoms with van der Waals surface area (Å²) in [5.74, 6) is 1.55. The number of carbonyl (C=O) groups excluding carboxylic acids is 1. The van der Waals surface area contributed by atoms with Gasteiger partial charge < -0.3 is 4.74 Å². The van der Waals surface area contributed by atoms with Crippen LogP contribution >= 0.6 is 0 Å². The third kappa shape index (κ3) is 3.39. The van der Waals surface area contributed by atoms with Gasteiger partial charge in [-0.2, -0.15) is 5.10 Å². The van der Waals surface area contributed by atoms with Crippen molar-refractivity contribution in [3.63, 3.8) is 0 Å². The van der Waals surface area contributed by atoms with Gasteiger partial charge >= 0.3 is 0 Å². The Bertz CT molecular complexity index is 766. The molecule has 0 N–H and O–H groups in total. The van der Waals surface area contributed by atoms with E-state index in [1.807, 2.05) is 25.3 Å². The molecule has 0 amide bonds. The van der Waals surface area contributed by atoms with E-state index < -0.39 is 0 Å². The van der Waals surface area contributed by atoms with E-state index in [0.717, 1.165) is 18.4 Å². The van der Waals surface area contributed by atoms with E-state index in [0.29, 0.717) is 35.9 Å². The van der Waals surface area contributed by atoms with Crippen molar-refractivity contribution in [2.75, 3.05) is 6.61 Å². The van der Waals surface area contributed by atoms with Gasteiger partial charge in [-0.1, -0.05) is 12.8 Å². The summed E-state index contributed by atoms with van der Waals surface area (Å²) in [6, 6.07) is 6.55. The molecule has 2 aromatic rings. The normalized spacial score (nSPS) is 23.4. The summed E-state index contributed by atoms with van der Waals surface area (Å²) < 4.78 is 8.34. The lowest BCUT2D eigenvalue weighted by molar-refractivity contribution is 0.111. The van der Waals surface area contributed by atoms with Gasteiger partial charge in [0, 0.05) is 29.4 Å². The Morgan fingerprint density at radius 2 is 2.00 bits per heavy atom. The Morgan fingerprint density at radius 3 is 2.77 bits per heavy atom. The number of rotatable bonds is 6. The van der Waals surface area contributed by atoms with Gasteiger partial charge in [0.05, 0.1) is 12.6 Å². The largest absolute Gasteiger partial charge is 0.491 e. The molecule has 5 heteroatoms. The Morgan fingerprint density at radius 1 is 1.15 bits per heavy atom. The summed E-state index contributed by atoms with van der Waals surface area (Å²) >= 11 is 0. The van der Waals surface area contributed by atoms with E-state index in [9.17, 15) is 4.79 Å². The van der Waals surface area contributed by atoms with Crippen LogP contribution in [0.2, 0.25) is 0 Å². The molecular weight excluding hydrogens is 326 g/mol. The van der Waals surface area contributed by atoms with Crippen LogP contribution in [0, 0.1) is 12.8 Å². The van der Waals surface area contributed by atoms with Crippen LogP contribution in [-0.2, 0) is 0 Å². The van der Waals surface area contributed by atoms with Crippen LogP contribution in [0.25, 0.3) is 0 Å². The fraction of sp³-hybridized carbons (Fsp3) is 0.571. The quantitative estimate of drug-likeness (QED) is 0.719. The predicted molar refractivity (Wildman–Crippen MR) is 99.7 cm³/mol. The summed E-state index contributed by atoms with van der Waals surface area (Å²) in [6.07, 6.45) is 11.4. The molecule has 0 saturated heterocycles. The average molecular weight is 353 g/mol. The van der Waals surface area contributed by atoms with Crippen molar-refractivity contribution in [1.82, 2.24) is 14.8 Å². The lowest BCUT2D eigenvalue weighted by Crippen LogP contribution is -2.28. The number of aromatic nitrogens is 3. The molecule has 2 saturated carbocycles. The fourth-order valence-corrected chi connectivity index (χ4v) is 4.32. The number of pyridine rings is 1. The first-order chi connectivity index (χ1) is 12.8. The first-order valence-electron chi connectivity index (χ1n) is 9.85. The van der Waals surface area contributed by atoms with E-state index in [-0.39, 0.29) is 0 Å². The van der Waals surface area contributed by atoms with Crippen molar-refractivity contribution in [3.8, 4) is 5.75 Å². The minimum Gasteiger partial charge on any atom is -0.491 e. The van der Waals surface area contributed by atoms with Crippen LogP contribution in [-0.4, -0.2) is 27.7 Å². The Hall–Kier alpha value is -2.17. The van der Waals surface area contributed by atoms with Gasteiger partial charge in [-0.3, -0.25) is 9.48 Å². The molecule has 4 rings (SSSR count). The summed E-state index contributed by atoms with van der Waals surface area (Å²) in [4.78, 5) is 15.6. The van der Waals surface area contributed by atoms with Crippen LogP contribution in [0.3, 0.4) is 0 Å². The Kier molecular flexibility index (Phi) is 5.05. The van der Waals surface area contributed by atoms with Gasteiger partial charge in [-0.05, 0) is 57.2 Å². The highest BCUT2D eigenvalue weighted by molar-refractivity contribution is 5.76. The smallest absolute Gasteiger partial charge is 0.172 e. The molecule has 0 aromatic carbocycles. The second-order valence-corrected chi connectivity index (χ2v) is 7.70. The molecular formula is C21H27N3O2. The molecule has 0 radical (unpaired) electrons. The molecule has 2 fully saturated rings. The second kappa shape index (κ2) is 7.60.